The first-order chi connectivity index (χ1) is 16.0. The van der Waals surface area contributed by atoms with E-state index in [9.17, 15) is 4.79 Å². The fourth-order valence-electron chi connectivity index (χ4n) is 4.26. The van der Waals surface area contributed by atoms with Crippen molar-refractivity contribution < 1.29 is 9.53 Å². The third kappa shape index (κ3) is 5.84. The molecule has 4 nitrogen and oxygen atoms in total. The third-order valence-corrected chi connectivity index (χ3v) is 6.57. The molecule has 1 aliphatic rings. The summed E-state index contributed by atoms with van der Waals surface area (Å²) >= 11 is 3.57. The van der Waals surface area contributed by atoms with Crippen LogP contribution in [-0.2, 0) is 0 Å². The Kier molecular flexibility index (Phi) is 7.84. The lowest BCUT2D eigenvalue weighted by Crippen LogP contribution is -2.49. The van der Waals surface area contributed by atoms with Crippen LogP contribution >= 0.6 is 15.9 Å². The predicted octanol–water partition coefficient (Wildman–Crippen LogP) is 6.03. The number of piperazine rings is 1. The molecule has 33 heavy (non-hydrogen) atoms. The summed E-state index contributed by atoms with van der Waals surface area (Å²) < 4.78 is 6.64. The van der Waals surface area contributed by atoms with Crippen molar-refractivity contribution in [2.24, 2.45) is 5.92 Å². The summed E-state index contributed by atoms with van der Waals surface area (Å²) in [5, 5.41) is 0. The normalized spacial score (nSPS) is 14.6. The highest BCUT2D eigenvalue weighted by Crippen LogP contribution is 2.30. The van der Waals surface area contributed by atoms with Crippen LogP contribution in [0, 0.1) is 5.92 Å². The van der Waals surface area contributed by atoms with E-state index in [0.717, 1.165) is 23.3 Å². The van der Waals surface area contributed by atoms with Crippen LogP contribution in [0.1, 0.15) is 41.4 Å². The van der Waals surface area contributed by atoms with Gasteiger partial charge in [0.2, 0.25) is 0 Å². The Morgan fingerprint density at radius 2 is 1.45 bits per heavy atom. The van der Waals surface area contributed by atoms with Gasteiger partial charge < -0.3 is 9.64 Å². The van der Waals surface area contributed by atoms with E-state index in [1.54, 1.807) is 0 Å². The smallest absolute Gasteiger partial charge is 0.253 e. The van der Waals surface area contributed by atoms with Gasteiger partial charge in [-0.2, -0.15) is 0 Å². The zero-order valence-electron chi connectivity index (χ0n) is 19.3. The average molecular weight is 507 g/mol. The van der Waals surface area contributed by atoms with E-state index in [1.165, 1.54) is 11.1 Å². The van der Waals surface area contributed by atoms with Gasteiger partial charge in [-0.15, -0.1) is 0 Å². The molecular weight excluding hydrogens is 476 g/mol. The molecule has 0 saturated carbocycles. The summed E-state index contributed by atoms with van der Waals surface area (Å²) in [6, 6.07) is 27.1. The van der Waals surface area contributed by atoms with Crippen LogP contribution in [0.15, 0.2) is 83.3 Å². The molecular formula is C28H31BrN2O2. The number of nitrogens with zero attached hydrogens (tertiary/aromatic N) is 2. The van der Waals surface area contributed by atoms with Gasteiger partial charge in [0.1, 0.15) is 5.75 Å². The molecule has 0 aliphatic carbocycles. The molecule has 1 fully saturated rings. The van der Waals surface area contributed by atoms with E-state index < -0.39 is 0 Å². The second kappa shape index (κ2) is 11.0. The number of benzene rings is 3. The van der Waals surface area contributed by atoms with Gasteiger partial charge in [-0.25, -0.2) is 0 Å². The molecule has 0 bridgehead atoms. The Morgan fingerprint density at radius 1 is 0.879 bits per heavy atom. The van der Waals surface area contributed by atoms with Crippen molar-refractivity contribution >= 4 is 21.8 Å². The molecule has 1 saturated heterocycles. The van der Waals surface area contributed by atoms with Crippen molar-refractivity contribution in [2.45, 2.75) is 19.9 Å². The van der Waals surface area contributed by atoms with Crippen LogP contribution in [-0.4, -0.2) is 48.5 Å². The standard InChI is InChI=1S/C28H31BrN2O2/c1-21(2)20-33-26-14-13-24(19-25(26)29)28(32)31-17-15-30(16-18-31)27(22-9-5-3-6-10-22)23-11-7-4-8-12-23/h3-14,19,21,27H,15-18,20H2,1-2H3. The first-order valence-electron chi connectivity index (χ1n) is 11.6. The first kappa shape index (κ1) is 23.5. The van der Waals surface area contributed by atoms with Crippen LogP contribution in [0.4, 0.5) is 0 Å². The fraction of sp³-hybridized carbons (Fsp3) is 0.321. The van der Waals surface area contributed by atoms with Gasteiger partial charge in [-0.1, -0.05) is 74.5 Å². The Morgan fingerprint density at radius 3 is 1.97 bits per heavy atom. The average Bonchev–Trinajstić information content (AvgIpc) is 2.85. The molecule has 1 heterocycles. The molecule has 0 spiro atoms. The molecule has 0 aromatic heterocycles. The minimum absolute atomic E-state index is 0.0710. The number of hydrogen-bond acceptors (Lipinski definition) is 3. The number of rotatable bonds is 7. The van der Waals surface area contributed by atoms with Crippen molar-refractivity contribution in [2.75, 3.05) is 32.8 Å². The molecule has 0 unspecified atom stereocenters. The van der Waals surface area contributed by atoms with Crippen LogP contribution in [0.3, 0.4) is 0 Å². The topological polar surface area (TPSA) is 32.8 Å². The van der Waals surface area contributed by atoms with Gasteiger partial charge in [-0.3, -0.25) is 9.69 Å². The maximum absolute atomic E-state index is 13.2. The second-order valence-electron chi connectivity index (χ2n) is 8.90. The molecule has 0 N–H and O–H groups in total. The third-order valence-electron chi connectivity index (χ3n) is 5.95. The fourth-order valence-corrected chi connectivity index (χ4v) is 4.75. The number of ether oxygens (including phenoxy) is 1. The van der Waals surface area contributed by atoms with Gasteiger partial charge in [0, 0.05) is 31.7 Å². The lowest BCUT2D eigenvalue weighted by molar-refractivity contribution is 0.0597. The summed E-state index contributed by atoms with van der Waals surface area (Å²) in [5.41, 5.74) is 3.25. The van der Waals surface area contributed by atoms with E-state index in [4.69, 9.17) is 4.74 Å². The molecule has 1 aliphatic heterocycles. The van der Waals surface area contributed by atoms with Gasteiger partial charge in [-0.05, 0) is 51.2 Å². The van der Waals surface area contributed by atoms with Gasteiger partial charge in [0.25, 0.3) is 5.91 Å². The van der Waals surface area contributed by atoms with Crippen molar-refractivity contribution in [1.29, 1.82) is 0 Å². The predicted molar refractivity (Wildman–Crippen MR) is 137 cm³/mol. The molecule has 0 atom stereocenters. The Labute approximate surface area is 205 Å². The number of amides is 1. The molecule has 5 heteroatoms. The minimum atomic E-state index is 0.0710. The minimum Gasteiger partial charge on any atom is -0.492 e. The lowest BCUT2D eigenvalue weighted by atomic mass is 9.96. The van der Waals surface area contributed by atoms with Crippen molar-refractivity contribution in [3.8, 4) is 5.75 Å². The highest BCUT2D eigenvalue weighted by molar-refractivity contribution is 9.10. The molecule has 172 valence electrons. The molecule has 1 amide bonds. The highest BCUT2D eigenvalue weighted by atomic mass is 79.9. The number of carbonyl (C=O) groups excluding carboxylic acids is 1. The Bertz CT molecular complexity index is 1010. The molecule has 4 rings (SSSR count). The maximum atomic E-state index is 13.2. The van der Waals surface area contributed by atoms with Gasteiger partial charge >= 0.3 is 0 Å². The quantitative estimate of drug-likeness (QED) is 0.392. The van der Waals surface area contributed by atoms with Crippen LogP contribution in [0.5, 0.6) is 5.75 Å². The first-order valence-corrected chi connectivity index (χ1v) is 12.4. The summed E-state index contributed by atoms with van der Waals surface area (Å²) in [7, 11) is 0. The molecule has 3 aromatic rings. The highest BCUT2D eigenvalue weighted by Gasteiger charge is 2.28. The van der Waals surface area contributed by atoms with E-state index in [0.29, 0.717) is 31.2 Å². The summed E-state index contributed by atoms with van der Waals surface area (Å²) in [6.45, 7) is 7.96. The second-order valence-corrected chi connectivity index (χ2v) is 9.76. The summed E-state index contributed by atoms with van der Waals surface area (Å²) in [4.78, 5) is 17.6. The van der Waals surface area contributed by atoms with E-state index in [-0.39, 0.29) is 11.9 Å². The van der Waals surface area contributed by atoms with E-state index in [1.807, 2.05) is 23.1 Å². The summed E-state index contributed by atoms with van der Waals surface area (Å²) in [6.07, 6.45) is 0. The zero-order valence-corrected chi connectivity index (χ0v) is 20.9. The van der Waals surface area contributed by atoms with Crippen molar-refractivity contribution in [1.82, 2.24) is 9.80 Å². The number of hydrogen-bond donors (Lipinski definition) is 0. The Hall–Kier alpha value is -2.63. The summed E-state index contributed by atoms with van der Waals surface area (Å²) in [5.74, 6) is 1.30. The van der Waals surface area contributed by atoms with Crippen LogP contribution < -0.4 is 4.74 Å². The van der Waals surface area contributed by atoms with Crippen molar-refractivity contribution in [3.63, 3.8) is 0 Å². The monoisotopic (exact) mass is 506 g/mol. The van der Waals surface area contributed by atoms with E-state index >= 15 is 0 Å². The largest absolute Gasteiger partial charge is 0.492 e. The van der Waals surface area contributed by atoms with Gasteiger partial charge in [0.05, 0.1) is 17.1 Å². The van der Waals surface area contributed by atoms with Crippen LogP contribution in [0.25, 0.3) is 0 Å². The number of carbonyl (C=O) groups is 1. The van der Waals surface area contributed by atoms with Crippen LogP contribution in [0.2, 0.25) is 0 Å². The van der Waals surface area contributed by atoms with Crippen molar-refractivity contribution in [3.05, 3.63) is 100 Å². The molecule has 0 radical (unpaired) electrons. The molecule has 3 aromatic carbocycles. The number of halogens is 1. The maximum Gasteiger partial charge on any atom is 0.253 e. The SMILES string of the molecule is CC(C)COc1ccc(C(=O)N2CCN(C(c3ccccc3)c3ccccc3)CC2)cc1Br. The Balaban J connectivity index is 1.44. The zero-order chi connectivity index (χ0) is 23.2. The van der Waals surface area contributed by atoms with E-state index in [2.05, 4.69) is 95.3 Å². The lowest BCUT2D eigenvalue weighted by Gasteiger charge is -2.39. The van der Waals surface area contributed by atoms with Gasteiger partial charge in [0.15, 0.2) is 0 Å².